The molecule has 3 aromatic rings. The Morgan fingerprint density at radius 1 is 0.927 bits per heavy atom. The van der Waals surface area contributed by atoms with E-state index in [1.165, 1.54) is 21.3 Å². The number of ether oxygens (including phenoxy) is 1. The van der Waals surface area contributed by atoms with Crippen LogP contribution < -0.4 is 10.1 Å². The standard InChI is InChI=1S/C31H36FN3O5S/c1-23(31(37)33-21-25-7-14-28(40-2)15-8-25)35(22-26-5-12-27(32)13-6-26)30(36)18-11-24-9-16-29(17-10-24)41(38,39)34-19-3-4-20-34/h5-10,12-17,23H,3-4,11,18-22H2,1-2H3,(H,33,37). The fourth-order valence-corrected chi connectivity index (χ4v) is 6.27. The van der Waals surface area contributed by atoms with Crippen LogP contribution in [-0.2, 0) is 39.1 Å². The molecule has 1 saturated heterocycles. The zero-order valence-electron chi connectivity index (χ0n) is 23.4. The quantitative estimate of drug-likeness (QED) is 0.345. The minimum Gasteiger partial charge on any atom is -0.497 e. The number of nitrogens with zero attached hydrogens (tertiary/aromatic N) is 2. The van der Waals surface area contributed by atoms with Gasteiger partial charge in [-0.05, 0) is 79.3 Å². The lowest BCUT2D eigenvalue weighted by atomic mass is 10.1. The first kappa shape index (κ1) is 30.2. The number of rotatable bonds is 12. The fraction of sp³-hybridized carbons (Fsp3) is 0.355. The van der Waals surface area contributed by atoms with Crippen LogP contribution in [0.2, 0.25) is 0 Å². The van der Waals surface area contributed by atoms with Crippen molar-refractivity contribution in [2.75, 3.05) is 20.2 Å². The number of carbonyl (C=O) groups excluding carboxylic acids is 2. The van der Waals surface area contributed by atoms with Crippen molar-refractivity contribution in [3.05, 3.63) is 95.3 Å². The van der Waals surface area contributed by atoms with Crippen LogP contribution in [0.4, 0.5) is 4.39 Å². The van der Waals surface area contributed by atoms with Crippen LogP contribution in [0, 0.1) is 5.82 Å². The number of sulfonamides is 1. The van der Waals surface area contributed by atoms with Crippen LogP contribution in [0.5, 0.6) is 5.75 Å². The average Bonchev–Trinajstić information content (AvgIpc) is 3.55. The van der Waals surface area contributed by atoms with Crippen molar-refractivity contribution in [2.45, 2.75) is 56.6 Å². The molecule has 3 aromatic carbocycles. The molecule has 0 spiro atoms. The number of amides is 2. The number of methoxy groups -OCH3 is 1. The summed E-state index contributed by atoms with van der Waals surface area (Å²) in [6.07, 6.45) is 2.23. The second kappa shape index (κ2) is 13.7. The molecule has 218 valence electrons. The van der Waals surface area contributed by atoms with Crippen molar-refractivity contribution in [3.8, 4) is 5.75 Å². The molecule has 4 rings (SSSR count). The summed E-state index contributed by atoms with van der Waals surface area (Å²) < 4.78 is 45.8. The van der Waals surface area contributed by atoms with Gasteiger partial charge in [0.05, 0.1) is 12.0 Å². The summed E-state index contributed by atoms with van der Waals surface area (Å²) in [5.41, 5.74) is 2.40. The molecule has 10 heteroatoms. The van der Waals surface area contributed by atoms with Crippen molar-refractivity contribution < 1.29 is 27.1 Å². The van der Waals surface area contributed by atoms with Crippen molar-refractivity contribution in [3.63, 3.8) is 0 Å². The van der Waals surface area contributed by atoms with Gasteiger partial charge in [0, 0.05) is 32.6 Å². The Morgan fingerprint density at radius 2 is 1.51 bits per heavy atom. The Kier molecular flexibility index (Phi) is 10.1. The predicted octanol–water partition coefficient (Wildman–Crippen LogP) is 4.29. The van der Waals surface area contributed by atoms with Gasteiger partial charge in [-0.15, -0.1) is 0 Å². The molecular weight excluding hydrogens is 545 g/mol. The minimum atomic E-state index is -3.51. The van der Waals surface area contributed by atoms with Gasteiger partial charge in [-0.25, -0.2) is 12.8 Å². The monoisotopic (exact) mass is 581 g/mol. The molecule has 1 heterocycles. The summed E-state index contributed by atoms with van der Waals surface area (Å²) in [7, 11) is -1.92. The smallest absolute Gasteiger partial charge is 0.243 e. The third-order valence-corrected chi connectivity index (χ3v) is 9.23. The maximum atomic E-state index is 13.5. The number of benzene rings is 3. The highest BCUT2D eigenvalue weighted by molar-refractivity contribution is 7.89. The highest BCUT2D eigenvalue weighted by atomic mass is 32.2. The summed E-state index contributed by atoms with van der Waals surface area (Å²) in [4.78, 5) is 28.3. The number of aryl methyl sites for hydroxylation is 1. The molecule has 41 heavy (non-hydrogen) atoms. The third-order valence-electron chi connectivity index (χ3n) is 7.31. The summed E-state index contributed by atoms with van der Waals surface area (Å²) in [5.74, 6) is -0.220. The molecule has 1 atom stereocenters. The van der Waals surface area contributed by atoms with Gasteiger partial charge in [0.15, 0.2) is 0 Å². The van der Waals surface area contributed by atoms with Gasteiger partial charge in [-0.2, -0.15) is 4.31 Å². The molecule has 1 fully saturated rings. The molecule has 0 radical (unpaired) electrons. The lowest BCUT2D eigenvalue weighted by Crippen LogP contribution is -2.47. The van der Waals surface area contributed by atoms with Crippen molar-refractivity contribution in [1.82, 2.24) is 14.5 Å². The number of halogens is 1. The maximum Gasteiger partial charge on any atom is 0.243 e. The number of nitrogens with one attached hydrogen (secondary N) is 1. The van der Waals surface area contributed by atoms with E-state index in [1.54, 1.807) is 50.4 Å². The zero-order valence-corrected chi connectivity index (χ0v) is 24.2. The summed E-state index contributed by atoms with van der Waals surface area (Å²) in [6, 6.07) is 19.0. The molecule has 2 amide bonds. The molecule has 1 N–H and O–H groups in total. The molecular formula is C31H36FN3O5S. The van der Waals surface area contributed by atoms with Gasteiger partial charge < -0.3 is 15.0 Å². The Balaban J connectivity index is 1.41. The molecule has 1 unspecified atom stereocenters. The van der Waals surface area contributed by atoms with Crippen LogP contribution in [0.25, 0.3) is 0 Å². The average molecular weight is 582 g/mol. The zero-order chi connectivity index (χ0) is 29.4. The van der Waals surface area contributed by atoms with Crippen LogP contribution >= 0.6 is 0 Å². The molecule has 0 bridgehead atoms. The van der Waals surface area contributed by atoms with E-state index in [2.05, 4.69) is 5.32 Å². The molecule has 0 aromatic heterocycles. The van der Waals surface area contributed by atoms with E-state index in [-0.39, 0.29) is 35.5 Å². The molecule has 0 saturated carbocycles. The lowest BCUT2D eigenvalue weighted by molar-refractivity contribution is -0.140. The number of carbonyl (C=O) groups is 2. The first-order valence-electron chi connectivity index (χ1n) is 13.7. The highest BCUT2D eigenvalue weighted by Crippen LogP contribution is 2.22. The van der Waals surface area contributed by atoms with Crippen LogP contribution in [0.3, 0.4) is 0 Å². The SMILES string of the molecule is COc1ccc(CNC(=O)C(C)N(Cc2ccc(F)cc2)C(=O)CCc2ccc(S(=O)(=O)N3CCCC3)cc2)cc1. The summed E-state index contributed by atoms with van der Waals surface area (Å²) >= 11 is 0. The molecule has 1 aliphatic heterocycles. The van der Waals surface area contributed by atoms with Gasteiger partial charge in [0.2, 0.25) is 21.8 Å². The van der Waals surface area contributed by atoms with Crippen LogP contribution in [0.1, 0.15) is 42.9 Å². The Morgan fingerprint density at radius 3 is 2.12 bits per heavy atom. The van der Waals surface area contributed by atoms with Crippen LogP contribution in [-0.4, -0.2) is 55.7 Å². The normalized spacial score (nSPS) is 14.4. The molecule has 1 aliphatic rings. The van der Waals surface area contributed by atoms with E-state index in [1.807, 2.05) is 24.3 Å². The van der Waals surface area contributed by atoms with E-state index in [9.17, 15) is 22.4 Å². The summed E-state index contributed by atoms with van der Waals surface area (Å²) in [6.45, 7) is 3.17. The molecule has 8 nitrogen and oxygen atoms in total. The van der Waals surface area contributed by atoms with E-state index in [4.69, 9.17) is 4.74 Å². The van der Waals surface area contributed by atoms with Crippen molar-refractivity contribution in [1.29, 1.82) is 0 Å². The lowest BCUT2D eigenvalue weighted by Gasteiger charge is -2.29. The first-order valence-corrected chi connectivity index (χ1v) is 15.1. The Bertz CT molecular complexity index is 1420. The maximum absolute atomic E-state index is 13.5. The van der Waals surface area contributed by atoms with E-state index in [0.717, 1.165) is 24.0 Å². The predicted molar refractivity (Wildman–Crippen MR) is 154 cm³/mol. The second-order valence-corrected chi connectivity index (χ2v) is 12.1. The fourth-order valence-electron chi connectivity index (χ4n) is 4.75. The topological polar surface area (TPSA) is 96.0 Å². The van der Waals surface area contributed by atoms with Gasteiger partial charge in [-0.3, -0.25) is 9.59 Å². The third kappa shape index (κ3) is 7.92. The van der Waals surface area contributed by atoms with Gasteiger partial charge >= 0.3 is 0 Å². The largest absolute Gasteiger partial charge is 0.497 e. The van der Waals surface area contributed by atoms with E-state index >= 15 is 0 Å². The second-order valence-electron chi connectivity index (χ2n) is 10.1. The van der Waals surface area contributed by atoms with Gasteiger partial charge in [-0.1, -0.05) is 36.4 Å². The van der Waals surface area contributed by atoms with Gasteiger partial charge in [0.25, 0.3) is 0 Å². The summed E-state index contributed by atoms with van der Waals surface area (Å²) in [5, 5.41) is 2.89. The van der Waals surface area contributed by atoms with Crippen molar-refractivity contribution >= 4 is 21.8 Å². The number of hydrogen-bond donors (Lipinski definition) is 1. The van der Waals surface area contributed by atoms with Crippen molar-refractivity contribution in [2.24, 2.45) is 0 Å². The minimum absolute atomic E-state index is 0.121. The molecule has 0 aliphatic carbocycles. The Hall–Kier alpha value is -3.76. The van der Waals surface area contributed by atoms with Crippen LogP contribution in [0.15, 0.2) is 77.7 Å². The van der Waals surface area contributed by atoms with E-state index < -0.39 is 16.1 Å². The van der Waals surface area contributed by atoms with E-state index in [0.29, 0.717) is 37.4 Å². The first-order chi connectivity index (χ1) is 19.7. The highest BCUT2D eigenvalue weighted by Gasteiger charge is 2.28. The Labute approximate surface area is 241 Å². The van der Waals surface area contributed by atoms with Gasteiger partial charge in [0.1, 0.15) is 17.6 Å². The number of hydrogen-bond acceptors (Lipinski definition) is 5.